The molecule has 1 aliphatic rings. The molecule has 1 heterocycles. The fourth-order valence-corrected chi connectivity index (χ4v) is 11.0. The molecule has 1 saturated heterocycles. The minimum Gasteiger partial charge on any atom is -0.390 e. The molecule has 0 radical (unpaired) electrons. The van der Waals surface area contributed by atoms with Crippen LogP contribution in [0.5, 0.6) is 0 Å². The summed E-state index contributed by atoms with van der Waals surface area (Å²) in [5, 5.41) is 20.4. The highest BCUT2D eigenvalue weighted by atomic mass is 16.3. The van der Waals surface area contributed by atoms with Crippen LogP contribution >= 0.6 is 0 Å². The number of Topliss-reactive ketones (excluding diaryl/α,β-unsaturated/α-hetero) is 1. The number of allylic oxidation sites excluding steroid dienone is 2. The molecule has 1 unspecified atom stereocenters. The van der Waals surface area contributed by atoms with Crippen LogP contribution in [0.3, 0.4) is 0 Å². The molecule has 0 aromatic heterocycles. The number of aliphatic hydroxyl groups excluding tert-OH is 1. The molecular formula is C63H112N10O12. The maximum Gasteiger partial charge on any atom is 0.246 e. The number of carbonyl (C=O) groups excluding carboxylic acids is 11. The predicted molar refractivity (Wildman–Crippen MR) is 330 cm³/mol. The van der Waals surface area contributed by atoms with Gasteiger partial charge in [-0.3, -0.25) is 52.7 Å². The highest BCUT2D eigenvalue weighted by Gasteiger charge is 2.45. The van der Waals surface area contributed by atoms with Crippen LogP contribution in [-0.2, 0) is 52.7 Å². The second-order valence-corrected chi connectivity index (χ2v) is 26.4. The third-order valence-corrected chi connectivity index (χ3v) is 16.4. The van der Waals surface area contributed by atoms with Gasteiger partial charge in [-0.05, 0) is 101 Å². The molecule has 22 nitrogen and oxygen atoms in total. The summed E-state index contributed by atoms with van der Waals surface area (Å²) < 4.78 is 0. The van der Waals surface area contributed by atoms with E-state index in [4.69, 9.17) is 0 Å². The quantitative estimate of drug-likeness (QED) is 0.167. The topological polar surface area (TPSA) is 267 Å². The molecule has 0 aliphatic carbocycles. The summed E-state index contributed by atoms with van der Waals surface area (Å²) in [7, 11) is 10.0. The Morgan fingerprint density at radius 2 is 0.894 bits per heavy atom. The Balaban J connectivity index is 4.32. The molecule has 12 atom stereocenters. The second kappa shape index (κ2) is 35.0. The molecular weight excluding hydrogens is 1090 g/mol. The molecule has 486 valence electrons. The van der Waals surface area contributed by atoms with Gasteiger partial charge < -0.3 is 55.4 Å². The summed E-state index contributed by atoms with van der Waals surface area (Å²) in [6.45, 7) is 29.6. The molecule has 1 aliphatic heterocycles. The van der Waals surface area contributed by atoms with Crippen molar-refractivity contribution < 1.29 is 57.8 Å². The van der Waals surface area contributed by atoms with E-state index in [2.05, 4.69) is 16.0 Å². The van der Waals surface area contributed by atoms with Crippen molar-refractivity contribution in [3.05, 3.63) is 12.2 Å². The van der Waals surface area contributed by atoms with Gasteiger partial charge in [0.1, 0.15) is 54.4 Å². The monoisotopic (exact) mass is 1200 g/mol. The largest absolute Gasteiger partial charge is 0.390 e. The van der Waals surface area contributed by atoms with Crippen LogP contribution < -0.4 is 16.0 Å². The van der Waals surface area contributed by atoms with Crippen LogP contribution in [0.2, 0.25) is 0 Å². The maximum atomic E-state index is 15.2. The third-order valence-electron chi connectivity index (χ3n) is 16.4. The molecule has 4 N–H and O–H groups in total. The van der Waals surface area contributed by atoms with Crippen molar-refractivity contribution in [1.29, 1.82) is 0 Å². The fraction of sp³-hybridized carbons (Fsp3) is 0.794. The Labute approximate surface area is 509 Å². The molecule has 22 heteroatoms. The Morgan fingerprint density at radius 1 is 0.482 bits per heavy atom. The van der Waals surface area contributed by atoms with Crippen molar-refractivity contribution in [2.24, 2.45) is 47.3 Å². The number of likely N-dealkylation sites (N-methyl/N-ethyl adjacent to an activating group) is 7. The maximum absolute atomic E-state index is 15.2. The second-order valence-electron chi connectivity index (χ2n) is 26.4. The van der Waals surface area contributed by atoms with E-state index >= 15 is 9.59 Å². The standard InChI is InChI=1S/C63H112N10O12/c1-25-27-28-41(15)54(76)53-49(74)33-44(26-2)59(81)67(18)34-50(75)68(19)45(29-35(3)4)57(79)66-51(39(11)12)62(84)69(20)46(30-36(5)6)56(78)64-42(16)55(77)65-43(17)58(80)70(21)47(31-37(7)8)60(82)71(22)48(32-38(9)10)61(83)72(23)52(40(13)14)63(85)73(53)24/h25,27,35-48,51-54,76H,26,28-34H2,1-24H3,(H,64,78)(H,65,77)(H,66,79)/b27-25+/t41-,42-,43+,44+,45+,46-,47-,48-,51-,52-,53?,54-/m1/s1. The highest BCUT2D eigenvalue weighted by Crippen LogP contribution is 2.27. The fourth-order valence-electron chi connectivity index (χ4n) is 11.0. The summed E-state index contributed by atoms with van der Waals surface area (Å²) in [6, 6.07) is -10.9. The van der Waals surface area contributed by atoms with Crippen molar-refractivity contribution in [2.75, 3.05) is 55.9 Å². The van der Waals surface area contributed by atoms with Crippen LogP contribution in [-0.4, -0.2) is 221 Å². The molecule has 0 spiro atoms. The number of hydrogen-bond donors (Lipinski definition) is 4. The normalized spacial score (nSPS) is 27.0. The zero-order valence-corrected chi connectivity index (χ0v) is 56.3. The van der Waals surface area contributed by atoms with E-state index in [9.17, 15) is 48.3 Å². The van der Waals surface area contributed by atoms with Crippen molar-refractivity contribution in [2.45, 2.75) is 223 Å². The lowest BCUT2D eigenvalue weighted by molar-refractivity contribution is -0.157. The van der Waals surface area contributed by atoms with E-state index in [0.29, 0.717) is 6.42 Å². The van der Waals surface area contributed by atoms with Gasteiger partial charge in [0.15, 0.2) is 5.78 Å². The summed E-state index contributed by atoms with van der Waals surface area (Å²) in [5.74, 6) is -10.1. The first-order valence-corrected chi connectivity index (χ1v) is 30.8. The van der Waals surface area contributed by atoms with Crippen LogP contribution in [0.1, 0.15) is 163 Å². The zero-order valence-electron chi connectivity index (χ0n) is 56.3. The molecule has 0 bridgehead atoms. The molecule has 0 aromatic rings. The number of rotatable bonds is 15. The summed E-state index contributed by atoms with van der Waals surface area (Å²) in [5.41, 5.74) is 0. The predicted octanol–water partition coefficient (Wildman–Crippen LogP) is 4.36. The molecule has 85 heavy (non-hydrogen) atoms. The average molecular weight is 1200 g/mol. The number of carbonyl (C=O) groups is 11. The lowest BCUT2D eigenvalue weighted by atomic mass is 9.86. The Hall–Kier alpha value is -5.93. The van der Waals surface area contributed by atoms with Gasteiger partial charge in [-0.1, -0.05) is 109 Å². The SMILES string of the molecule is C/C=C/C[C@@H](C)[C@@H](O)C1C(=O)C[C@H](CC)C(=O)N(C)CC(=O)N(C)[C@@H](CC(C)C)C(=O)N[C@H](C(C)C)C(=O)N(C)[C@H](CC(C)C)C(=O)N[C@H](C)C(=O)N[C@@H](C)C(=O)N(C)[C@H](CC(C)C)C(=O)N(C)[C@H](CC(C)C)C(=O)N(C)[C@H](C(C)C)C(=O)N1C. The smallest absolute Gasteiger partial charge is 0.246 e. The van der Waals surface area contributed by atoms with Crippen molar-refractivity contribution in [1.82, 2.24) is 50.2 Å². The van der Waals surface area contributed by atoms with Gasteiger partial charge in [0, 0.05) is 61.7 Å². The lowest BCUT2D eigenvalue weighted by Crippen LogP contribution is -2.62. The van der Waals surface area contributed by atoms with Gasteiger partial charge in [-0.25, -0.2) is 0 Å². The van der Waals surface area contributed by atoms with Crippen LogP contribution in [0, 0.1) is 47.3 Å². The number of ketones is 1. The number of nitrogens with zero attached hydrogens (tertiary/aromatic N) is 7. The van der Waals surface area contributed by atoms with Gasteiger partial charge >= 0.3 is 0 Å². The molecule has 0 aromatic carbocycles. The van der Waals surface area contributed by atoms with Gasteiger partial charge in [0.2, 0.25) is 59.1 Å². The van der Waals surface area contributed by atoms with Gasteiger partial charge in [0.05, 0.1) is 12.6 Å². The molecule has 10 amide bonds. The summed E-state index contributed by atoms with van der Waals surface area (Å²) >= 11 is 0. The number of aliphatic hydroxyl groups is 1. The van der Waals surface area contributed by atoms with E-state index in [1.807, 2.05) is 68.4 Å². The van der Waals surface area contributed by atoms with E-state index in [1.54, 1.807) is 47.6 Å². The van der Waals surface area contributed by atoms with Gasteiger partial charge in [-0.15, -0.1) is 0 Å². The van der Waals surface area contributed by atoms with E-state index < -0.39 is 162 Å². The van der Waals surface area contributed by atoms with Crippen molar-refractivity contribution >= 4 is 64.9 Å². The van der Waals surface area contributed by atoms with Gasteiger partial charge in [-0.2, -0.15) is 0 Å². The van der Waals surface area contributed by atoms with Crippen LogP contribution in [0.4, 0.5) is 0 Å². The van der Waals surface area contributed by atoms with Crippen molar-refractivity contribution in [3.63, 3.8) is 0 Å². The third kappa shape index (κ3) is 21.8. The first-order valence-electron chi connectivity index (χ1n) is 30.8. The first kappa shape index (κ1) is 77.1. The molecule has 0 saturated carbocycles. The average Bonchev–Trinajstić information content (AvgIpc) is 3.62. The van der Waals surface area contributed by atoms with E-state index in [0.717, 1.165) is 4.90 Å². The summed E-state index contributed by atoms with van der Waals surface area (Å²) in [4.78, 5) is 169. The van der Waals surface area contributed by atoms with E-state index in [1.165, 1.54) is 92.6 Å². The number of nitrogens with one attached hydrogen (secondary N) is 3. The minimum absolute atomic E-state index is 0.125. The Bertz CT molecular complexity index is 2320. The zero-order chi connectivity index (χ0) is 66.0. The minimum atomic E-state index is -1.50. The summed E-state index contributed by atoms with van der Waals surface area (Å²) in [6.07, 6.45) is 2.88. The van der Waals surface area contributed by atoms with E-state index in [-0.39, 0.29) is 55.8 Å². The van der Waals surface area contributed by atoms with Crippen LogP contribution in [0.25, 0.3) is 0 Å². The first-order chi connectivity index (χ1) is 39.2. The van der Waals surface area contributed by atoms with Gasteiger partial charge in [0.25, 0.3) is 0 Å². The number of hydrogen-bond acceptors (Lipinski definition) is 12. The Kier molecular flexibility index (Phi) is 31.8. The highest BCUT2D eigenvalue weighted by molar-refractivity contribution is 5.99. The molecule has 1 rings (SSSR count). The Morgan fingerprint density at radius 3 is 1.34 bits per heavy atom. The number of amides is 10. The van der Waals surface area contributed by atoms with Crippen molar-refractivity contribution in [3.8, 4) is 0 Å². The molecule has 1 fully saturated rings. The van der Waals surface area contributed by atoms with Crippen LogP contribution in [0.15, 0.2) is 12.2 Å². The lowest BCUT2D eigenvalue weighted by Gasteiger charge is -2.41.